The molecule has 2 aromatic carbocycles. The van der Waals surface area contributed by atoms with Crippen LogP contribution in [0.1, 0.15) is 11.3 Å². The molecule has 0 fully saturated rings. The van der Waals surface area contributed by atoms with Gasteiger partial charge < -0.3 is 5.32 Å². The molecule has 4 nitrogen and oxygen atoms in total. The van der Waals surface area contributed by atoms with Gasteiger partial charge in [0.1, 0.15) is 5.82 Å². The van der Waals surface area contributed by atoms with E-state index in [1.54, 1.807) is 23.0 Å². The van der Waals surface area contributed by atoms with Crippen LogP contribution >= 0.6 is 15.9 Å². The number of nitrogens with zero attached hydrogens (tertiary/aromatic N) is 2. The predicted molar refractivity (Wildman–Crippen MR) is 94.7 cm³/mol. The molecule has 1 amide bonds. The second kappa shape index (κ2) is 6.97. The van der Waals surface area contributed by atoms with E-state index in [9.17, 15) is 9.18 Å². The number of nitrogens with one attached hydrogen (secondary N) is 1. The maximum atomic E-state index is 13.2. The highest BCUT2D eigenvalue weighted by Crippen LogP contribution is 2.19. The van der Waals surface area contributed by atoms with E-state index in [2.05, 4.69) is 26.3 Å². The standard InChI is InChI=1S/C18H15BrFN3O/c1-12-7-8-21-23(12)15-4-2-3-14(11-15)22-18(24)10-13-5-6-17(20)16(19)9-13/h2-9,11H,10H2,1H3,(H,22,24). The molecule has 1 aromatic heterocycles. The lowest BCUT2D eigenvalue weighted by atomic mass is 10.1. The molecule has 1 heterocycles. The number of aryl methyl sites for hydroxylation is 1. The van der Waals surface area contributed by atoms with Gasteiger partial charge in [-0.25, -0.2) is 9.07 Å². The molecule has 0 saturated heterocycles. The number of hydrogen-bond acceptors (Lipinski definition) is 2. The lowest BCUT2D eigenvalue weighted by molar-refractivity contribution is -0.115. The Morgan fingerprint density at radius 3 is 2.79 bits per heavy atom. The smallest absolute Gasteiger partial charge is 0.228 e. The van der Waals surface area contributed by atoms with Gasteiger partial charge >= 0.3 is 0 Å². The number of carbonyl (C=O) groups is 1. The molecular weight excluding hydrogens is 373 g/mol. The molecule has 3 rings (SSSR count). The summed E-state index contributed by atoms with van der Waals surface area (Å²) in [6.45, 7) is 1.96. The number of hydrogen-bond donors (Lipinski definition) is 1. The average Bonchev–Trinajstić information content (AvgIpc) is 2.97. The molecule has 0 atom stereocenters. The van der Waals surface area contributed by atoms with E-state index in [-0.39, 0.29) is 18.1 Å². The quantitative estimate of drug-likeness (QED) is 0.726. The lowest BCUT2D eigenvalue weighted by Gasteiger charge is -2.09. The minimum Gasteiger partial charge on any atom is -0.326 e. The SMILES string of the molecule is Cc1ccnn1-c1cccc(NC(=O)Cc2ccc(F)c(Br)c2)c1. The van der Waals surface area contributed by atoms with Crippen molar-refractivity contribution in [2.45, 2.75) is 13.3 Å². The maximum Gasteiger partial charge on any atom is 0.228 e. The van der Waals surface area contributed by atoms with Gasteiger partial charge in [0.15, 0.2) is 0 Å². The first-order chi connectivity index (χ1) is 11.5. The van der Waals surface area contributed by atoms with Gasteiger partial charge in [-0.2, -0.15) is 5.10 Å². The van der Waals surface area contributed by atoms with Gasteiger partial charge in [0.2, 0.25) is 5.91 Å². The Balaban J connectivity index is 1.72. The molecular formula is C18H15BrFN3O. The predicted octanol–water partition coefficient (Wildman–Crippen LogP) is 4.26. The second-order valence-electron chi connectivity index (χ2n) is 5.41. The van der Waals surface area contributed by atoms with Gasteiger partial charge in [0, 0.05) is 17.6 Å². The molecule has 0 radical (unpaired) electrons. The fraction of sp³-hybridized carbons (Fsp3) is 0.111. The first-order valence-electron chi connectivity index (χ1n) is 7.38. The molecule has 1 N–H and O–H groups in total. The van der Waals surface area contributed by atoms with Gasteiger partial charge in [0.25, 0.3) is 0 Å². The zero-order valence-electron chi connectivity index (χ0n) is 13.0. The summed E-state index contributed by atoms with van der Waals surface area (Å²) >= 11 is 3.12. The molecule has 0 aliphatic heterocycles. The Bertz CT molecular complexity index is 891. The van der Waals surface area contributed by atoms with Crippen LogP contribution in [0.4, 0.5) is 10.1 Å². The second-order valence-corrected chi connectivity index (χ2v) is 6.26. The summed E-state index contributed by atoms with van der Waals surface area (Å²) in [4.78, 5) is 12.2. The van der Waals surface area contributed by atoms with Crippen molar-refractivity contribution in [2.24, 2.45) is 0 Å². The van der Waals surface area contributed by atoms with Crippen molar-refractivity contribution in [3.8, 4) is 5.69 Å². The third-order valence-electron chi connectivity index (χ3n) is 3.56. The van der Waals surface area contributed by atoms with Gasteiger partial charge in [0.05, 0.1) is 16.6 Å². The van der Waals surface area contributed by atoms with Crippen molar-refractivity contribution < 1.29 is 9.18 Å². The lowest BCUT2D eigenvalue weighted by Crippen LogP contribution is -2.14. The fourth-order valence-corrected chi connectivity index (χ4v) is 2.82. The Morgan fingerprint density at radius 2 is 2.08 bits per heavy atom. The van der Waals surface area contributed by atoms with Gasteiger partial charge in [-0.05, 0) is 64.8 Å². The highest BCUT2D eigenvalue weighted by molar-refractivity contribution is 9.10. The Morgan fingerprint density at radius 1 is 1.25 bits per heavy atom. The van der Waals surface area contributed by atoms with E-state index in [0.717, 1.165) is 16.9 Å². The van der Waals surface area contributed by atoms with Crippen LogP contribution in [0.25, 0.3) is 5.69 Å². The van der Waals surface area contributed by atoms with Crippen LogP contribution < -0.4 is 5.32 Å². The Hall–Kier alpha value is -2.47. The number of carbonyl (C=O) groups excluding carboxylic acids is 1. The molecule has 0 aliphatic carbocycles. The van der Waals surface area contributed by atoms with Crippen LogP contribution in [-0.4, -0.2) is 15.7 Å². The highest BCUT2D eigenvalue weighted by Gasteiger charge is 2.08. The van der Waals surface area contributed by atoms with E-state index in [1.165, 1.54) is 6.07 Å². The van der Waals surface area contributed by atoms with Crippen LogP contribution in [-0.2, 0) is 11.2 Å². The molecule has 0 aliphatic rings. The third-order valence-corrected chi connectivity index (χ3v) is 4.16. The monoisotopic (exact) mass is 387 g/mol. The molecule has 122 valence electrons. The number of rotatable bonds is 4. The van der Waals surface area contributed by atoms with Crippen molar-refractivity contribution in [3.63, 3.8) is 0 Å². The van der Waals surface area contributed by atoms with Crippen molar-refractivity contribution in [2.75, 3.05) is 5.32 Å². The topological polar surface area (TPSA) is 46.9 Å². The number of aromatic nitrogens is 2. The highest BCUT2D eigenvalue weighted by atomic mass is 79.9. The molecule has 6 heteroatoms. The van der Waals surface area contributed by atoms with Crippen LogP contribution in [0, 0.1) is 12.7 Å². The minimum atomic E-state index is -0.346. The zero-order valence-corrected chi connectivity index (χ0v) is 14.5. The Labute approximate surface area is 147 Å². The largest absolute Gasteiger partial charge is 0.326 e. The molecule has 0 spiro atoms. The van der Waals surface area contributed by atoms with E-state index in [1.807, 2.05) is 37.3 Å². The van der Waals surface area contributed by atoms with Crippen LogP contribution in [0.3, 0.4) is 0 Å². The number of anilines is 1. The molecule has 3 aromatic rings. The molecule has 0 bridgehead atoms. The van der Waals surface area contributed by atoms with Crippen LogP contribution in [0.5, 0.6) is 0 Å². The fourth-order valence-electron chi connectivity index (χ4n) is 2.40. The zero-order chi connectivity index (χ0) is 17.1. The molecule has 0 unspecified atom stereocenters. The molecule has 24 heavy (non-hydrogen) atoms. The summed E-state index contributed by atoms with van der Waals surface area (Å²) in [5.74, 6) is -0.510. The number of amides is 1. The van der Waals surface area contributed by atoms with E-state index < -0.39 is 0 Å². The summed E-state index contributed by atoms with van der Waals surface area (Å²) in [7, 11) is 0. The minimum absolute atomic E-state index is 0.164. The van der Waals surface area contributed by atoms with Gasteiger partial charge in [-0.3, -0.25) is 4.79 Å². The third kappa shape index (κ3) is 3.71. The number of halogens is 2. The van der Waals surface area contributed by atoms with E-state index in [0.29, 0.717) is 10.2 Å². The summed E-state index contributed by atoms with van der Waals surface area (Å²) in [6.07, 6.45) is 1.90. The van der Waals surface area contributed by atoms with Crippen molar-refractivity contribution in [1.82, 2.24) is 9.78 Å². The summed E-state index contributed by atoms with van der Waals surface area (Å²) in [5.41, 5.74) is 3.31. The van der Waals surface area contributed by atoms with Crippen molar-refractivity contribution in [1.29, 1.82) is 0 Å². The van der Waals surface area contributed by atoms with Crippen molar-refractivity contribution in [3.05, 3.63) is 76.3 Å². The normalized spacial score (nSPS) is 10.6. The summed E-state index contributed by atoms with van der Waals surface area (Å²) in [6, 6.07) is 13.9. The van der Waals surface area contributed by atoms with Crippen molar-refractivity contribution >= 4 is 27.5 Å². The molecule has 0 saturated carbocycles. The van der Waals surface area contributed by atoms with Gasteiger partial charge in [-0.15, -0.1) is 0 Å². The average molecular weight is 388 g/mol. The van der Waals surface area contributed by atoms with E-state index in [4.69, 9.17) is 0 Å². The summed E-state index contributed by atoms with van der Waals surface area (Å²) in [5, 5.41) is 7.11. The first-order valence-corrected chi connectivity index (χ1v) is 8.17. The van der Waals surface area contributed by atoms with Crippen LogP contribution in [0.15, 0.2) is 59.2 Å². The summed E-state index contributed by atoms with van der Waals surface area (Å²) < 4.78 is 15.4. The van der Waals surface area contributed by atoms with E-state index >= 15 is 0 Å². The van der Waals surface area contributed by atoms with Gasteiger partial charge in [-0.1, -0.05) is 12.1 Å². The van der Waals surface area contributed by atoms with Crippen LogP contribution in [0.2, 0.25) is 0 Å². The maximum absolute atomic E-state index is 13.2. The first kappa shape index (κ1) is 16.4. The number of benzene rings is 2. The Kier molecular flexibility index (Phi) is 4.76.